The van der Waals surface area contributed by atoms with E-state index >= 15 is 0 Å². The number of nitrogens with zero attached hydrogens (tertiary/aromatic N) is 1. The van der Waals surface area contributed by atoms with E-state index in [1.54, 1.807) is 0 Å². The van der Waals surface area contributed by atoms with Crippen molar-refractivity contribution in [3.8, 4) is 0 Å². The summed E-state index contributed by atoms with van der Waals surface area (Å²) in [5, 5.41) is 11.9. The van der Waals surface area contributed by atoms with Crippen LogP contribution in [0.2, 0.25) is 0 Å². The van der Waals surface area contributed by atoms with Gasteiger partial charge in [0.2, 0.25) is 0 Å². The highest BCUT2D eigenvalue weighted by molar-refractivity contribution is 5.75. The maximum absolute atomic E-state index is 10.7. The molecule has 0 bridgehead atoms. The zero-order chi connectivity index (χ0) is 8.55. The first-order chi connectivity index (χ1) is 5.79. The molecule has 4 nitrogen and oxygen atoms in total. The fourth-order valence-electron chi connectivity index (χ4n) is 1.52. The molecule has 0 aromatic carbocycles. The summed E-state index contributed by atoms with van der Waals surface area (Å²) < 4.78 is 0. The molecule has 0 aromatic rings. The first-order valence-corrected chi connectivity index (χ1v) is 3.89. The molecule has 1 saturated heterocycles. The lowest BCUT2D eigenvalue weighted by atomic mass is 10.2. The van der Waals surface area contributed by atoms with Crippen molar-refractivity contribution in [2.24, 2.45) is 0 Å². The summed E-state index contributed by atoms with van der Waals surface area (Å²) >= 11 is 0. The summed E-state index contributed by atoms with van der Waals surface area (Å²) in [6.45, 7) is 1.19. The Morgan fingerprint density at radius 1 is 1.75 bits per heavy atom. The van der Waals surface area contributed by atoms with E-state index in [4.69, 9.17) is 5.11 Å². The third kappa shape index (κ3) is 0.958. The highest BCUT2D eigenvalue weighted by Crippen LogP contribution is 2.17. The second kappa shape index (κ2) is 2.55. The van der Waals surface area contributed by atoms with Crippen molar-refractivity contribution in [1.29, 1.82) is 0 Å². The maximum Gasteiger partial charge on any atom is 0.328 e. The Morgan fingerprint density at radius 3 is 3.33 bits per heavy atom. The van der Waals surface area contributed by atoms with Gasteiger partial charge in [0, 0.05) is 13.1 Å². The summed E-state index contributed by atoms with van der Waals surface area (Å²) in [4.78, 5) is 12.6. The third-order valence-corrected chi connectivity index (χ3v) is 2.14. The number of hydrogen-bond donors (Lipinski definition) is 2. The smallest absolute Gasteiger partial charge is 0.328 e. The molecular weight excluding hydrogens is 156 g/mol. The van der Waals surface area contributed by atoms with E-state index in [1.165, 1.54) is 0 Å². The van der Waals surface area contributed by atoms with Gasteiger partial charge in [0.05, 0.1) is 0 Å². The summed E-state index contributed by atoms with van der Waals surface area (Å²) in [6, 6.07) is -0.402. The van der Waals surface area contributed by atoms with Crippen molar-refractivity contribution >= 4 is 5.97 Å². The average Bonchev–Trinajstić information content (AvgIpc) is 2.47. The van der Waals surface area contributed by atoms with Gasteiger partial charge >= 0.3 is 5.97 Å². The van der Waals surface area contributed by atoms with Crippen LogP contribution >= 0.6 is 0 Å². The molecule has 1 atom stereocenters. The molecule has 2 rings (SSSR count). The summed E-state index contributed by atoms with van der Waals surface area (Å²) in [5.41, 5.74) is 0. The average molecular weight is 166 g/mol. The Labute approximate surface area is 70.2 Å². The minimum absolute atomic E-state index is 0.402. The predicted octanol–water partition coefficient (Wildman–Crippen LogP) is -0.244. The first-order valence-electron chi connectivity index (χ1n) is 3.89. The van der Waals surface area contributed by atoms with Crippen LogP contribution < -0.4 is 5.32 Å². The Bertz CT molecular complexity index is 270. The quantitative estimate of drug-likeness (QED) is 0.564. The molecule has 0 saturated carbocycles. The Morgan fingerprint density at radius 2 is 2.58 bits per heavy atom. The molecule has 64 valence electrons. The summed E-state index contributed by atoms with van der Waals surface area (Å²) in [5.74, 6) is 0.158. The molecule has 4 heteroatoms. The van der Waals surface area contributed by atoms with Crippen molar-refractivity contribution in [1.82, 2.24) is 10.2 Å². The van der Waals surface area contributed by atoms with Crippen LogP contribution in [0.3, 0.4) is 0 Å². The van der Waals surface area contributed by atoms with Crippen LogP contribution in [0.25, 0.3) is 0 Å². The molecular formula is C8H10N2O2. The van der Waals surface area contributed by atoms with Crippen LogP contribution in [0.1, 0.15) is 0 Å². The first kappa shape index (κ1) is 7.21. The topological polar surface area (TPSA) is 52.6 Å². The molecule has 2 aliphatic rings. The number of aliphatic carboxylic acids is 1. The van der Waals surface area contributed by atoms with E-state index < -0.39 is 12.0 Å². The lowest BCUT2D eigenvalue weighted by Crippen LogP contribution is -2.37. The molecule has 12 heavy (non-hydrogen) atoms. The lowest BCUT2D eigenvalue weighted by molar-refractivity contribution is -0.141. The van der Waals surface area contributed by atoms with E-state index in [0.29, 0.717) is 13.1 Å². The number of rotatable bonds is 1. The monoisotopic (exact) mass is 166 g/mol. The van der Waals surface area contributed by atoms with Crippen molar-refractivity contribution in [3.63, 3.8) is 0 Å². The molecule has 0 aromatic heterocycles. The molecule has 2 N–H and O–H groups in total. The molecule has 2 aliphatic heterocycles. The standard InChI is InChI=1S/C8H10N2O2/c11-8(12)6-5-9-7-3-1-2-4-10(6)7/h1-3,6,9H,4-5H2,(H,11,12). The minimum atomic E-state index is -0.763. The van der Waals surface area contributed by atoms with Gasteiger partial charge in [-0.25, -0.2) is 4.79 Å². The van der Waals surface area contributed by atoms with Crippen LogP contribution in [0.5, 0.6) is 0 Å². The minimum Gasteiger partial charge on any atom is -0.480 e. The lowest BCUT2D eigenvalue weighted by Gasteiger charge is -2.23. The predicted molar refractivity (Wildman–Crippen MR) is 43.4 cm³/mol. The van der Waals surface area contributed by atoms with Gasteiger partial charge in [-0.05, 0) is 6.08 Å². The molecule has 0 spiro atoms. The number of fused-ring (bicyclic) bond motifs is 1. The van der Waals surface area contributed by atoms with Gasteiger partial charge in [-0.15, -0.1) is 0 Å². The van der Waals surface area contributed by atoms with Gasteiger partial charge in [0.15, 0.2) is 0 Å². The molecule has 2 heterocycles. The zero-order valence-electron chi connectivity index (χ0n) is 6.53. The Balaban J connectivity index is 2.20. The van der Waals surface area contributed by atoms with Crippen LogP contribution in [0, 0.1) is 0 Å². The molecule has 0 radical (unpaired) electrons. The number of allylic oxidation sites excluding steroid dienone is 2. The van der Waals surface area contributed by atoms with Crippen molar-refractivity contribution in [2.45, 2.75) is 6.04 Å². The van der Waals surface area contributed by atoms with Crippen molar-refractivity contribution in [3.05, 3.63) is 24.0 Å². The van der Waals surface area contributed by atoms with Gasteiger partial charge in [-0.2, -0.15) is 0 Å². The van der Waals surface area contributed by atoms with E-state index in [9.17, 15) is 4.79 Å². The molecule has 1 fully saturated rings. The highest BCUT2D eigenvalue weighted by Gasteiger charge is 2.32. The summed E-state index contributed by atoms with van der Waals surface area (Å²) in [6.07, 6.45) is 5.78. The second-order valence-electron chi connectivity index (χ2n) is 2.87. The Kier molecular flexibility index (Phi) is 1.53. The molecule has 0 amide bonds. The number of hydrogen-bond acceptors (Lipinski definition) is 3. The van der Waals surface area contributed by atoms with Gasteiger partial charge in [-0.1, -0.05) is 12.2 Å². The van der Waals surface area contributed by atoms with Gasteiger partial charge in [-0.3, -0.25) is 0 Å². The van der Waals surface area contributed by atoms with Crippen LogP contribution in [0.4, 0.5) is 0 Å². The highest BCUT2D eigenvalue weighted by atomic mass is 16.4. The van der Waals surface area contributed by atoms with Crippen LogP contribution in [-0.4, -0.2) is 35.1 Å². The SMILES string of the molecule is O=C(O)C1CNC2=CC=CCN21. The van der Waals surface area contributed by atoms with Gasteiger partial charge in [0.25, 0.3) is 0 Å². The zero-order valence-corrected chi connectivity index (χ0v) is 6.53. The second-order valence-corrected chi connectivity index (χ2v) is 2.87. The van der Waals surface area contributed by atoms with Gasteiger partial charge in [0.1, 0.15) is 11.9 Å². The van der Waals surface area contributed by atoms with Crippen LogP contribution in [0.15, 0.2) is 24.0 Å². The van der Waals surface area contributed by atoms with Crippen LogP contribution in [-0.2, 0) is 4.79 Å². The van der Waals surface area contributed by atoms with Crippen molar-refractivity contribution in [2.75, 3.05) is 13.1 Å². The van der Waals surface area contributed by atoms with Crippen molar-refractivity contribution < 1.29 is 9.90 Å². The maximum atomic E-state index is 10.7. The number of carbonyl (C=O) groups is 1. The van der Waals surface area contributed by atoms with E-state index in [2.05, 4.69) is 5.32 Å². The largest absolute Gasteiger partial charge is 0.480 e. The van der Waals surface area contributed by atoms with Gasteiger partial charge < -0.3 is 15.3 Å². The molecule has 1 unspecified atom stereocenters. The normalized spacial score (nSPS) is 26.2. The number of carboxylic acids is 1. The number of nitrogens with one attached hydrogen (secondary N) is 1. The number of carboxylic acid groups (broad SMARTS) is 1. The Hall–Kier alpha value is -1.45. The molecule has 0 aliphatic carbocycles. The van der Waals surface area contributed by atoms with E-state index in [0.717, 1.165) is 5.82 Å². The van der Waals surface area contributed by atoms with E-state index in [1.807, 2.05) is 23.1 Å². The summed E-state index contributed by atoms with van der Waals surface area (Å²) in [7, 11) is 0. The van der Waals surface area contributed by atoms with E-state index in [-0.39, 0.29) is 0 Å². The fourth-order valence-corrected chi connectivity index (χ4v) is 1.52. The third-order valence-electron chi connectivity index (χ3n) is 2.14. The fraction of sp³-hybridized carbons (Fsp3) is 0.375.